The fourth-order valence-electron chi connectivity index (χ4n) is 4.71. The summed E-state index contributed by atoms with van der Waals surface area (Å²) in [6, 6.07) is 32.6. The molecule has 0 aliphatic rings. The van der Waals surface area contributed by atoms with E-state index in [0.717, 1.165) is 5.56 Å². The van der Waals surface area contributed by atoms with Crippen molar-refractivity contribution in [2.75, 3.05) is 0 Å². The second-order valence-electron chi connectivity index (χ2n) is 7.29. The quantitative estimate of drug-likeness (QED) is 0.197. The van der Waals surface area contributed by atoms with Crippen molar-refractivity contribution in [3.05, 3.63) is 96.6 Å². The van der Waals surface area contributed by atoms with Crippen molar-refractivity contribution in [1.82, 2.24) is 0 Å². The molecule has 0 unspecified atom stereocenters. The van der Waals surface area contributed by atoms with Gasteiger partial charge in [-0.25, -0.2) is 0 Å². The minimum atomic E-state index is 0.919. The zero-order valence-corrected chi connectivity index (χ0v) is 15.2. The smallest absolute Gasteiger partial charge is 0.0249 e. The molecule has 0 saturated heterocycles. The normalized spacial score (nSPS) is 11.5. The summed E-state index contributed by atoms with van der Waals surface area (Å²) in [6.45, 7) is 0. The van der Waals surface area contributed by atoms with Crippen LogP contribution in [0.15, 0.2) is 91.0 Å². The highest BCUT2D eigenvalue weighted by molar-refractivity contribution is 6.39. The molecule has 0 saturated carbocycles. The van der Waals surface area contributed by atoms with Crippen LogP contribution in [0.3, 0.4) is 0 Å². The molecule has 0 N–H and O–H groups in total. The zero-order valence-electron chi connectivity index (χ0n) is 15.2. The maximum absolute atomic E-state index is 5.71. The van der Waals surface area contributed by atoms with E-state index in [0.29, 0.717) is 0 Å². The van der Waals surface area contributed by atoms with Crippen molar-refractivity contribution in [3.8, 4) is 12.3 Å². The molecular formula is C28H16. The first kappa shape index (κ1) is 15.3. The van der Waals surface area contributed by atoms with Gasteiger partial charge >= 0.3 is 0 Å². The fourth-order valence-corrected chi connectivity index (χ4v) is 4.71. The van der Waals surface area contributed by atoms with Gasteiger partial charge in [-0.1, -0.05) is 84.8 Å². The van der Waals surface area contributed by atoms with Crippen LogP contribution in [-0.2, 0) is 0 Å². The summed E-state index contributed by atoms with van der Waals surface area (Å²) < 4.78 is 0. The molecule has 0 bridgehead atoms. The molecule has 128 valence electrons. The van der Waals surface area contributed by atoms with Gasteiger partial charge < -0.3 is 0 Å². The molecule has 0 radical (unpaired) electrons. The molecular weight excluding hydrogens is 336 g/mol. The average Bonchev–Trinajstić information content (AvgIpc) is 2.78. The van der Waals surface area contributed by atoms with E-state index < -0.39 is 0 Å². The van der Waals surface area contributed by atoms with Crippen molar-refractivity contribution in [2.24, 2.45) is 0 Å². The SMILES string of the molecule is C#Cc1ccc2c(c1)c1ccccc1c1c3ccccc3c3ccccc3c21. The summed E-state index contributed by atoms with van der Waals surface area (Å²) in [7, 11) is 0. The minimum absolute atomic E-state index is 0.919. The van der Waals surface area contributed by atoms with Gasteiger partial charge in [0.1, 0.15) is 0 Å². The van der Waals surface area contributed by atoms with Crippen LogP contribution in [0.5, 0.6) is 0 Å². The topological polar surface area (TPSA) is 0 Å². The van der Waals surface area contributed by atoms with Crippen LogP contribution in [0.4, 0.5) is 0 Å². The summed E-state index contributed by atoms with van der Waals surface area (Å²) in [5.74, 6) is 2.80. The third-order valence-corrected chi connectivity index (χ3v) is 5.88. The molecule has 0 aliphatic carbocycles. The maximum Gasteiger partial charge on any atom is 0.0249 e. The van der Waals surface area contributed by atoms with Crippen LogP contribution >= 0.6 is 0 Å². The lowest BCUT2D eigenvalue weighted by atomic mass is 9.87. The molecule has 0 aliphatic heterocycles. The van der Waals surface area contributed by atoms with Crippen LogP contribution in [0, 0.1) is 12.3 Å². The largest absolute Gasteiger partial charge is 0.115 e. The monoisotopic (exact) mass is 352 g/mol. The van der Waals surface area contributed by atoms with Crippen LogP contribution in [0.2, 0.25) is 0 Å². The van der Waals surface area contributed by atoms with Crippen molar-refractivity contribution in [2.45, 2.75) is 0 Å². The van der Waals surface area contributed by atoms with E-state index in [4.69, 9.17) is 6.42 Å². The Labute approximate surface area is 163 Å². The number of rotatable bonds is 0. The first-order chi connectivity index (χ1) is 13.9. The standard InChI is InChI=1S/C28H16/c1-2-18-15-16-25-26(17-18)21-11-5-8-14-24(21)27-22-12-6-3-9-19(22)20-10-4-7-13-23(20)28(25)27/h1,3-17H. The average molecular weight is 352 g/mol. The molecule has 0 spiro atoms. The third-order valence-electron chi connectivity index (χ3n) is 5.88. The van der Waals surface area contributed by atoms with E-state index in [-0.39, 0.29) is 0 Å². The van der Waals surface area contributed by atoms with E-state index >= 15 is 0 Å². The first-order valence-corrected chi connectivity index (χ1v) is 9.51. The first-order valence-electron chi connectivity index (χ1n) is 9.51. The van der Waals surface area contributed by atoms with Crippen LogP contribution in [-0.4, -0.2) is 0 Å². The highest BCUT2D eigenvalue weighted by Crippen LogP contribution is 2.43. The molecule has 28 heavy (non-hydrogen) atoms. The highest BCUT2D eigenvalue weighted by atomic mass is 14.2. The lowest BCUT2D eigenvalue weighted by Crippen LogP contribution is -1.88. The molecule has 0 fully saturated rings. The Bertz CT molecular complexity index is 1610. The number of terminal acetylenes is 1. The fraction of sp³-hybridized carbons (Fsp3) is 0. The highest BCUT2D eigenvalue weighted by Gasteiger charge is 2.15. The van der Waals surface area contributed by atoms with E-state index in [1.165, 1.54) is 53.9 Å². The summed E-state index contributed by atoms with van der Waals surface area (Å²) >= 11 is 0. The van der Waals surface area contributed by atoms with E-state index in [2.05, 4.69) is 96.9 Å². The van der Waals surface area contributed by atoms with Gasteiger partial charge in [0.2, 0.25) is 0 Å². The van der Waals surface area contributed by atoms with Crippen LogP contribution in [0.25, 0.3) is 53.9 Å². The summed E-state index contributed by atoms with van der Waals surface area (Å²) in [5.41, 5.74) is 0.919. The van der Waals surface area contributed by atoms with Gasteiger partial charge in [-0.15, -0.1) is 6.42 Å². The molecule has 0 amide bonds. The van der Waals surface area contributed by atoms with Gasteiger partial charge in [-0.05, 0) is 66.0 Å². The van der Waals surface area contributed by atoms with Gasteiger partial charge in [-0.2, -0.15) is 0 Å². The molecule has 6 aromatic rings. The predicted octanol–water partition coefficient (Wildman–Crippen LogP) is 7.43. The molecule has 6 rings (SSSR count). The summed E-state index contributed by atoms with van der Waals surface area (Å²) in [5, 5.41) is 12.8. The lowest BCUT2D eigenvalue weighted by Gasteiger charge is -2.16. The minimum Gasteiger partial charge on any atom is -0.115 e. The molecule has 6 aromatic carbocycles. The lowest BCUT2D eigenvalue weighted by molar-refractivity contribution is 1.73. The van der Waals surface area contributed by atoms with Crippen LogP contribution < -0.4 is 0 Å². The van der Waals surface area contributed by atoms with Crippen molar-refractivity contribution >= 4 is 53.9 Å². The van der Waals surface area contributed by atoms with E-state index in [1.54, 1.807) is 0 Å². The Morgan fingerprint density at radius 3 is 1.29 bits per heavy atom. The maximum atomic E-state index is 5.71. The Balaban J connectivity index is 2.09. The van der Waals surface area contributed by atoms with Crippen molar-refractivity contribution in [3.63, 3.8) is 0 Å². The Morgan fingerprint density at radius 2 is 0.821 bits per heavy atom. The second-order valence-corrected chi connectivity index (χ2v) is 7.29. The van der Waals surface area contributed by atoms with Gasteiger partial charge in [0.05, 0.1) is 0 Å². The Hall–Kier alpha value is -3.82. The van der Waals surface area contributed by atoms with Gasteiger partial charge in [0, 0.05) is 5.56 Å². The van der Waals surface area contributed by atoms with E-state index in [1.807, 2.05) is 0 Å². The van der Waals surface area contributed by atoms with E-state index in [9.17, 15) is 0 Å². The summed E-state index contributed by atoms with van der Waals surface area (Å²) in [4.78, 5) is 0. The number of hydrogen-bond acceptors (Lipinski definition) is 0. The molecule has 0 nitrogen and oxygen atoms in total. The molecule has 0 heterocycles. The van der Waals surface area contributed by atoms with Crippen LogP contribution in [0.1, 0.15) is 5.56 Å². The Kier molecular flexibility index (Phi) is 3.04. The summed E-state index contributed by atoms with van der Waals surface area (Å²) in [6.07, 6.45) is 5.71. The zero-order chi connectivity index (χ0) is 18.7. The number of benzene rings is 6. The van der Waals surface area contributed by atoms with Gasteiger partial charge in [-0.3, -0.25) is 0 Å². The van der Waals surface area contributed by atoms with Crippen molar-refractivity contribution < 1.29 is 0 Å². The third kappa shape index (κ3) is 1.91. The predicted molar refractivity (Wildman–Crippen MR) is 122 cm³/mol. The number of hydrogen-bond donors (Lipinski definition) is 0. The van der Waals surface area contributed by atoms with Gasteiger partial charge in [0.25, 0.3) is 0 Å². The molecule has 0 aromatic heterocycles. The van der Waals surface area contributed by atoms with Gasteiger partial charge in [0.15, 0.2) is 0 Å². The number of fused-ring (bicyclic) bond motifs is 11. The van der Waals surface area contributed by atoms with Crippen molar-refractivity contribution in [1.29, 1.82) is 0 Å². The Morgan fingerprint density at radius 1 is 0.429 bits per heavy atom. The molecule has 0 heteroatoms. The molecule has 0 atom stereocenters. The second kappa shape index (κ2) is 5.59.